The van der Waals surface area contributed by atoms with E-state index in [2.05, 4.69) is 4.98 Å². The van der Waals surface area contributed by atoms with Crippen molar-refractivity contribution >= 4 is 5.97 Å². The van der Waals surface area contributed by atoms with E-state index in [0.717, 1.165) is 17.8 Å². The van der Waals surface area contributed by atoms with Crippen molar-refractivity contribution in [3.05, 3.63) is 29.1 Å². The molecule has 0 saturated heterocycles. The van der Waals surface area contributed by atoms with Crippen LogP contribution in [0, 0.1) is 6.92 Å². The molecular formula is C9H9NO2. The minimum absolute atomic E-state index is 0.247. The number of esters is 1. The molecule has 0 fully saturated rings. The smallest absolute Gasteiger partial charge is 0.340 e. The molecule has 0 atom stereocenters. The number of hydrogen-bond donors (Lipinski definition) is 0. The van der Waals surface area contributed by atoms with Crippen molar-refractivity contribution in [2.75, 3.05) is 6.61 Å². The molecule has 0 aromatic carbocycles. The second kappa shape index (κ2) is 2.59. The quantitative estimate of drug-likeness (QED) is 0.538. The molecule has 3 nitrogen and oxygen atoms in total. The van der Waals surface area contributed by atoms with Crippen LogP contribution in [0.4, 0.5) is 0 Å². The van der Waals surface area contributed by atoms with Gasteiger partial charge < -0.3 is 4.74 Å². The molecule has 0 radical (unpaired) electrons. The van der Waals surface area contributed by atoms with E-state index in [-0.39, 0.29) is 5.97 Å². The first-order valence-corrected chi connectivity index (χ1v) is 3.91. The fraction of sp³-hybridized carbons (Fsp3) is 0.333. The minimum atomic E-state index is -0.247. The number of carbonyl (C=O) groups excluding carboxylic acids is 1. The van der Waals surface area contributed by atoms with Crippen LogP contribution in [0.25, 0.3) is 0 Å². The standard InChI is InChI=1S/C9H9NO2/c1-6-2-3-7-8(10-6)4-5-12-9(7)11/h2-3H,4-5H2,1H3. The molecule has 12 heavy (non-hydrogen) atoms. The molecule has 0 amide bonds. The van der Waals surface area contributed by atoms with Gasteiger partial charge >= 0.3 is 5.97 Å². The minimum Gasteiger partial charge on any atom is -0.462 e. The summed E-state index contributed by atoms with van der Waals surface area (Å²) in [6.07, 6.45) is 0.739. The highest BCUT2D eigenvalue weighted by Gasteiger charge is 2.18. The Labute approximate surface area is 70.4 Å². The zero-order valence-corrected chi connectivity index (χ0v) is 6.83. The van der Waals surface area contributed by atoms with Gasteiger partial charge in [-0.3, -0.25) is 4.98 Å². The topological polar surface area (TPSA) is 39.2 Å². The number of nitrogens with zero attached hydrogens (tertiary/aromatic N) is 1. The largest absolute Gasteiger partial charge is 0.462 e. The molecule has 0 unspecified atom stereocenters. The molecule has 0 spiro atoms. The molecule has 3 heteroatoms. The molecule has 1 aliphatic rings. The fourth-order valence-electron chi connectivity index (χ4n) is 1.31. The van der Waals surface area contributed by atoms with Gasteiger partial charge in [0.2, 0.25) is 0 Å². The molecule has 2 rings (SSSR count). The Hall–Kier alpha value is -1.38. The lowest BCUT2D eigenvalue weighted by molar-refractivity contribution is 0.0477. The van der Waals surface area contributed by atoms with Crippen LogP contribution >= 0.6 is 0 Å². The van der Waals surface area contributed by atoms with Crippen molar-refractivity contribution in [2.24, 2.45) is 0 Å². The summed E-state index contributed by atoms with van der Waals surface area (Å²) in [5.74, 6) is -0.247. The predicted molar refractivity (Wildman–Crippen MR) is 43.0 cm³/mol. The fourth-order valence-corrected chi connectivity index (χ4v) is 1.31. The van der Waals surface area contributed by atoms with Gasteiger partial charge in [-0.15, -0.1) is 0 Å². The Kier molecular flexibility index (Phi) is 1.57. The SMILES string of the molecule is Cc1ccc2c(n1)CCOC2=O. The highest BCUT2D eigenvalue weighted by Crippen LogP contribution is 2.14. The number of rotatable bonds is 0. The molecule has 1 aliphatic heterocycles. The molecule has 0 aliphatic carbocycles. The lowest BCUT2D eigenvalue weighted by atomic mass is 10.1. The number of aromatic nitrogens is 1. The third-order valence-corrected chi connectivity index (χ3v) is 1.91. The van der Waals surface area contributed by atoms with Gasteiger partial charge in [-0.05, 0) is 19.1 Å². The van der Waals surface area contributed by atoms with Gasteiger partial charge in [0, 0.05) is 12.1 Å². The molecule has 1 aromatic heterocycles. The maximum Gasteiger partial charge on any atom is 0.340 e. The van der Waals surface area contributed by atoms with E-state index in [9.17, 15) is 4.79 Å². The van der Waals surface area contributed by atoms with Gasteiger partial charge in [0.05, 0.1) is 17.9 Å². The number of fused-ring (bicyclic) bond motifs is 1. The molecule has 1 aromatic rings. The number of cyclic esters (lactones) is 1. The van der Waals surface area contributed by atoms with Crippen LogP contribution in [-0.4, -0.2) is 17.6 Å². The van der Waals surface area contributed by atoms with E-state index < -0.39 is 0 Å². The number of carbonyl (C=O) groups is 1. The van der Waals surface area contributed by atoms with Crippen molar-refractivity contribution in [3.8, 4) is 0 Å². The average Bonchev–Trinajstić information content (AvgIpc) is 2.04. The summed E-state index contributed by atoms with van der Waals surface area (Å²) in [5, 5.41) is 0. The summed E-state index contributed by atoms with van der Waals surface area (Å²) in [5.41, 5.74) is 2.43. The van der Waals surface area contributed by atoms with Gasteiger partial charge in [-0.2, -0.15) is 0 Å². The first-order chi connectivity index (χ1) is 5.77. The second-order valence-electron chi connectivity index (χ2n) is 2.83. The molecular weight excluding hydrogens is 154 g/mol. The summed E-state index contributed by atoms with van der Waals surface area (Å²) in [7, 11) is 0. The van der Waals surface area contributed by atoms with E-state index in [1.807, 2.05) is 13.0 Å². The normalized spacial score (nSPS) is 15.2. The van der Waals surface area contributed by atoms with Gasteiger partial charge in [0.1, 0.15) is 0 Å². The summed E-state index contributed by atoms with van der Waals surface area (Å²) in [6, 6.07) is 3.60. The Morgan fingerprint density at radius 3 is 3.17 bits per heavy atom. The van der Waals surface area contributed by atoms with Gasteiger partial charge in [-0.25, -0.2) is 4.79 Å². The van der Waals surface area contributed by atoms with Gasteiger partial charge in [0.25, 0.3) is 0 Å². The maximum absolute atomic E-state index is 11.1. The van der Waals surface area contributed by atoms with E-state index in [1.54, 1.807) is 6.07 Å². The highest BCUT2D eigenvalue weighted by molar-refractivity contribution is 5.91. The lowest BCUT2D eigenvalue weighted by Crippen LogP contribution is -2.19. The summed E-state index contributed by atoms with van der Waals surface area (Å²) in [6.45, 7) is 2.38. The van der Waals surface area contributed by atoms with Gasteiger partial charge in [0.15, 0.2) is 0 Å². The van der Waals surface area contributed by atoms with Crippen LogP contribution < -0.4 is 0 Å². The van der Waals surface area contributed by atoms with Crippen molar-refractivity contribution in [1.82, 2.24) is 4.98 Å². The third-order valence-electron chi connectivity index (χ3n) is 1.91. The second-order valence-corrected chi connectivity index (χ2v) is 2.83. The Bertz CT molecular complexity index is 333. The maximum atomic E-state index is 11.1. The first kappa shape index (κ1) is 7.28. The monoisotopic (exact) mass is 163 g/mol. The van der Waals surface area contributed by atoms with Gasteiger partial charge in [-0.1, -0.05) is 0 Å². The van der Waals surface area contributed by atoms with Crippen LogP contribution in [0.3, 0.4) is 0 Å². The van der Waals surface area contributed by atoms with Crippen molar-refractivity contribution < 1.29 is 9.53 Å². The van der Waals surface area contributed by atoms with Crippen molar-refractivity contribution in [1.29, 1.82) is 0 Å². The number of aryl methyl sites for hydroxylation is 1. The summed E-state index contributed by atoms with van der Waals surface area (Å²) < 4.78 is 4.87. The van der Waals surface area contributed by atoms with E-state index in [1.165, 1.54) is 0 Å². The zero-order chi connectivity index (χ0) is 8.55. The highest BCUT2D eigenvalue weighted by atomic mass is 16.5. The van der Waals surface area contributed by atoms with E-state index in [0.29, 0.717) is 12.2 Å². The molecule has 0 N–H and O–H groups in total. The number of hydrogen-bond acceptors (Lipinski definition) is 3. The van der Waals surface area contributed by atoms with Crippen molar-refractivity contribution in [3.63, 3.8) is 0 Å². The molecule has 0 bridgehead atoms. The third kappa shape index (κ3) is 1.07. The Balaban J connectivity index is 2.53. The Morgan fingerprint density at radius 2 is 2.33 bits per heavy atom. The van der Waals surface area contributed by atoms with Crippen LogP contribution in [0.15, 0.2) is 12.1 Å². The Morgan fingerprint density at radius 1 is 1.50 bits per heavy atom. The average molecular weight is 163 g/mol. The molecule has 2 heterocycles. The van der Waals surface area contributed by atoms with Crippen LogP contribution in [0.5, 0.6) is 0 Å². The molecule has 0 saturated carbocycles. The van der Waals surface area contributed by atoms with E-state index >= 15 is 0 Å². The van der Waals surface area contributed by atoms with E-state index in [4.69, 9.17) is 4.74 Å². The number of ether oxygens (including phenoxy) is 1. The molecule has 62 valence electrons. The van der Waals surface area contributed by atoms with Crippen LogP contribution in [0.1, 0.15) is 21.7 Å². The van der Waals surface area contributed by atoms with Crippen LogP contribution in [0.2, 0.25) is 0 Å². The first-order valence-electron chi connectivity index (χ1n) is 3.91. The zero-order valence-electron chi connectivity index (χ0n) is 6.83. The summed E-state index contributed by atoms with van der Waals surface area (Å²) >= 11 is 0. The van der Waals surface area contributed by atoms with Crippen LogP contribution in [-0.2, 0) is 11.2 Å². The summed E-state index contributed by atoms with van der Waals surface area (Å²) in [4.78, 5) is 15.4. The number of pyridine rings is 1. The van der Waals surface area contributed by atoms with Crippen molar-refractivity contribution in [2.45, 2.75) is 13.3 Å². The predicted octanol–water partition coefficient (Wildman–Crippen LogP) is 1.10. The lowest BCUT2D eigenvalue weighted by Gasteiger charge is -2.14.